The molecule has 2 heterocycles. The van der Waals surface area contributed by atoms with Crippen molar-refractivity contribution in [2.24, 2.45) is 5.73 Å². The maximum Gasteiger partial charge on any atom is 0.125 e. The molecule has 0 saturated carbocycles. The molecule has 104 valence electrons. The Bertz CT molecular complexity index is 445. The van der Waals surface area contributed by atoms with Gasteiger partial charge in [-0.05, 0) is 32.0 Å². The molecule has 1 aliphatic rings. The van der Waals surface area contributed by atoms with Crippen LogP contribution in [-0.2, 0) is 0 Å². The van der Waals surface area contributed by atoms with Crippen LogP contribution in [0.2, 0.25) is 0 Å². The lowest BCUT2D eigenvalue weighted by atomic mass is 10.1. The first-order valence-electron chi connectivity index (χ1n) is 6.87. The molecular formula is C14H23N5. The maximum absolute atomic E-state index is 7.64. The molecule has 1 aromatic rings. The Morgan fingerprint density at radius 1 is 1.63 bits per heavy atom. The van der Waals surface area contributed by atoms with Crippen molar-refractivity contribution in [3.05, 3.63) is 24.0 Å². The maximum atomic E-state index is 7.64. The standard InChI is InChI=1S/C14H23N5/c1-3-19-8-4-5-11(19)10-18(2)13-9-17-7-6-12(13)14(15)16/h6-7,9,11H,3-5,8,10H2,1-2H3,(H3,15,16). The van der Waals surface area contributed by atoms with Crippen LogP contribution in [-0.4, -0.2) is 48.4 Å². The fourth-order valence-corrected chi connectivity index (χ4v) is 2.85. The number of likely N-dealkylation sites (tertiary alicyclic amines) is 1. The predicted molar refractivity (Wildman–Crippen MR) is 78.8 cm³/mol. The quantitative estimate of drug-likeness (QED) is 0.619. The van der Waals surface area contributed by atoms with Crippen LogP contribution in [0.3, 0.4) is 0 Å². The SMILES string of the molecule is CCN1CCCC1CN(C)c1cnccc1C(=N)N. The third-order valence-electron chi connectivity index (χ3n) is 3.89. The summed E-state index contributed by atoms with van der Waals surface area (Å²) < 4.78 is 0. The van der Waals surface area contributed by atoms with E-state index in [2.05, 4.69) is 28.8 Å². The van der Waals surface area contributed by atoms with E-state index in [0.29, 0.717) is 6.04 Å². The van der Waals surface area contributed by atoms with Crippen molar-refractivity contribution in [1.29, 1.82) is 5.41 Å². The van der Waals surface area contributed by atoms with Crippen molar-refractivity contribution in [3.63, 3.8) is 0 Å². The molecule has 0 spiro atoms. The van der Waals surface area contributed by atoms with E-state index >= 15 is 0 Å². The monoisotopic (exact) mass is 261 g/mol. The molecule has 1 fully saturated rings. The molecule has 0 aliphatic carbocycles. The lowest BCUT2D eigenvalue weighted by Gasteiger charge is -2.29. The highest BCUT2D eigenvalue weighted by Crippen LogP contribution is 2.22. The second-order valence-corrected chi connectivity index (χ2v) is 5.11. The number of nitrogens with zero attached hydrogens (tertiary/aromatic N) is 3. The molecule has 1 aromatic heterocycles. The van der Waals surface area contributed by atoms with E-state index in [1.165, 1.54) is 19.4 Å². The van der Waals surface area contributed by atoms with Gasteiger partial charge in [0.2, 0.25) is 0 Å². The Morgan fingerprint density at radius 3 is 3.11 bits per heavy atom. The van der Waals surface area contributed by atoms with Crippen LogP contribution in [0.25, 0.3) is 0 Å². The van der Waals surface area contributed by atoms with Gasteiger partial charge >= 0.3 is 0 Å². The number of pyridine rings is 1. The molecule has 0 aromatic carbocycles. The highest BCUT2D eigenvalue weighted by molar-refractivity contribution is 6.00. The zero-order valence-electron chi connectivity index (χ0n) is 11.8. The number of hydrogen-bond donors (Lipinski definition) is 2. The van der Waals surface area contributed by atoms with Gasteiger partial charge in [-0.3, -0.25) is 15.3 Å². The topological polar surface area (TPSA) is 69.2 Å². The Balaban J connectivity index is 2.11. The van der Waals surface area contributed by atoms with E-state index in [1.54, 1.807) is 18.5 Å². The molecule has 1 atom stereocenters. The third kappa shape index (κ3) is 3.04. The lowest BCUT2D eigenvalue weighted by Crippen LogP contribution is -2.39. The summed E-state index contributed by atoms with van der Waals surface area (Å²) in [5.41, 5.74) is 7.34. The number of anilines is 1. The van der Waals surface area contributed by atoms with E-state index in [-0.39, 0.29) is 5.84 Å². The van der Waals surface area contributed by atoms with Gasteiger partial charge in [0.1, 0.15) is 5.84 Å². The van der Waals surface area contributed by atoms with Gasteiger partial charge in [0.05, 0.1) is 11.9 Å². The van der Waals surface area contributed by atoms with Gasteiger partial charge in [-0.15, -0.1) is 0 Å². The van der Waals surface area contributed by atoms with Gasteiger partial charge in [0, 0.05) is 31.4 Å². The number of nitrogens with two attached hydrogens (primary N) is 1. The molecule has 19 heavy (non-hydrogen) atoms. The van der Waals surface area contributed by atoms with E-state index in [1.807, 2.05) is 0 Å². The number of aromatic nitrogens is 1. The molecule has 5 nitrogen and oxygen atoms in total. The molecular weight excluding hydrogens is 238 g/mol. The van der Waals surface area contributed by atoms with E-state index < -0.39 is 0 Å². The van der Waals surface area contributed by atoms with Gasteiger partial charge in [0.15, 0.2) is 0 Å². The second kappa shape index (κ2) is 6.02. The molecule has 1 unspecified atom stereocenters. The number of likely N-dealkylation sites (N-methyl/N-ethyl adjacent to an activating group) is 2. The van der Waals surface area contributed by atoms with Crippen LogP contribution < -0.4 is 10.6 Å². The smallest absolute Gasteiger partial charge is 0.125 e. The highest BCUT2D eigenvalue weighted by atomic mass is 15.2. The van der Waals surface area contributed by atoms with Gasteiger partial charge in [0.25, 0.3) is 0 Å². The lowest BCUT2D eigenvalue weighted by molar-refractivity contribution is 0.270. The van der Waals surface area contributed by atoms with Crippen LogP contribution in [0.5, 0.6) is 0 Å². The van der Waals surface area contributed by atoms with Crippen LogP contribution in [0.1, 0.15) is 25.3 Å². The van der Waals surface area contributed by atoms with Crippen LogP contribution in [0.4, 0.5) is 5.69 Å². The van der Waals surface area contributed by atoms with Gasteiger partial charge in [-0.1, -0.05) is 6.92 Å². The van der Waals surface area contributed by atoms with Crippen molar-refractivity contribution >= 4 is 11.5 Å². The van der Waals surface area contributed by atoms with Crippen molar-refractivity contribution in [1.82, 2.24) is 9.88 Å². The summed E-state index contributed by atoms with van der Waals surface area (Å²) in [6, 6.07) is 2.40. The zero-order chi connectivity index (χ0) is 13.8. The predicted octanol–water partition coefficient (Wildman–Crippen LogP) is 1.29. The van der Waals surface area contributed by atoms with E-state index in [4.69, 9.17) is 11.1 Å². The Kier molecular flexibility index (Phi) is 4.37. The summed E-state index contributed by atoms with van der Waals surface area (Å²) in [6.45, 7) is 5.47. The molecule has 1 aliphatic heterocycles. The van der Waals surface area contributed by atoms with Crippen molar-refractivity contribution < 1.29 is 0 Å². The average Bonchev–Trinajstić information content (AvgIpc) is 2.85. The van der Waals surface area contributed by atoms with Crippen LogP contribution >= 0.6 is 0 Å². The molecule has 1 saturated heterocycles. The number of nitrogens with one attached hydrogen (secondary N) is 1. The summed E-state index contributed by atoms with van der Waals surface area (Å²) in [5.74, 6) is 0.100. The zero-order valence-corrected chi connectivity index (χ0v) is 11.8. The number of nitrogen functional groups attached to an aromatic ring is 1. The Morgan fingerprint density at radius 2 is 2.42 bits per heavy atom. The van der Waals surface area contributed by atoms with Crippen molar-refractivity contribution in [3.8, 4) is 0 Å². The summed E-state index contributed by atoms with van der Waals surface area (Å²) >= 11 is 0. The van der Waals surface area contributed by atoms with E-state index in [9.17, 15) is 0 Å². The normalized spacial score (nSPS) is 19.6. The largest absolute Gasteiger partial charge is 0.384 e. The van der Waals surface area contributed by atoms with Crippen LogP contribution in [0, 0.1) is 5.41 Å². The number of rotatable bonds is 5. The molecule has 3 N–H and O–H groups in total. The Labute approximate surface area is 114 Å². The molecule has 5 heteroatoms. The second-order valence-electron chi connectivity index (χ2n) is 5.11. The average molecular weight is 261 g/mol. The van der Waals surface area contributed by atoms with E-state index in [0.717, 1.165) is 24.3 Å². The van der Waals surface area contributed by atoms with Crippen molar-refractivity contribution in [2.75, 3.05) is 31.6 Å². The van der Waals surface area contributed by atoms with Gasteiger partial charge in [-0.2, -0.15) is 0 Å². The summed E-state index contributed by atoms with van der Waals surface area (Å²) in [7, 11) is 2.05. The molecule has 0 radical (unpaired) electrons. The summed E-state index contributed by atoms with van der Waals surface area (Å²) in [5, 5.41) is 7.64. The first-order valence-corrected chi connectivity index (χ1v) is 6.87. The Hall–Kier alpha value is -1.62. The minimum atomic E-state index is 0.100. The fourth-order valence-electron chi connectivity index (χ4n) is 2.85. The number of hydrogen-bond acceptors (Lipinski definition) is 4. The minimum Gasteiger partial charge on any atom is -0.384 e. The highest BCUT2D eigenvalue weighted by Gasteiger charge is 2.24. The first-order chi connectivity index (χ1) is 9.13. The van der Waals surface area contributed by atoms with Crippen molar-refractivity contribution in [2.45, 2.75) is 25.8 Å². The summed E-state index contributed by atoms with van der Waals surface area (Å²) in [6.07, 6.45) is 6.00. The molecule has 2 rings (SSSR count). The minimum absolute atomic E-state index is 0.100. The van der Waals surface area contributed by atoms with Gasteiger partial charge in [-0.25, -0.2) is 0 Å². The van der Waals surface area contributed by atoms with Crippen LogP contribution in [0.15, 0.2) is 18.5 Å². The van der Waals surface area contributed by atoms with Gasteiger partial charge < -0.3 is 10.6 Å². The first kappa shape index (κ1) is 13.8. The number of amidine groups is 1. The molecule has 0 bridgehead atoms. The third-order valence-corrected chi connectivity index (χ3v) is 3.89. The summed E-state index contributed by atoms with van der Waals surface area (Å²) in [4.78, 5) is 8.84. The fraction of sp³-hybridized carbons (Fsp3) is 0.571. The molecule has 0 amide bonds.